The lowest BCUT2D eigenvalue weighted by Crippen LogP contribution is -2.41. The Hall–Kier alpha value is -2.71. The molecular formula is C23H27N3O4S. The quantitative estimate of drug-likeness (QED) is 0.741. The first kappa shape index (κ1) is 21.5. The van der Waals surface area contributed by atoms with E-state index < -0.39 is 15.9 Å². The van der Waals surface area contributed by atoms with Crippen molar-refractivity contribution in [3.63, 3.8) is 0 Å². The van der Waals surface area contributed by atoms with Crippen LogP contribution in [0.1, 0.15) is 23.1 Å². The van der Waals surface area contributed by atoms with Crippen LogP contribution >= 0.6 is 0 Å². The van der Waals surface area contributed by atoms with Gasteiger partial charge < -0.3 is 10.2 Å². The average Bonchev–Trinajstić information content (AvgIpc) is 3.15. The molecule has 2 aliphatic heterocycles. The molecule has 0 spiro atoms. The van der Waals surface area contributed by atoms with E-state index in [2.05, 4.69) is 5.32 Å². The highest BCUT2D eigenvalue weighted by Gasteiger charge is 2.35. The summed E-state index contributed by atoms with van der Waals surface area (Å²) in [6.45, 7) is 3.14. The number of fused-ring (bicyclic) bond motifs is 1. The number of sulfonamides is 1. The maximum atomic E-state index is 12.7. The highest BCUT2D eigenvalue weighted by Crippen LogP contribution is 2.25. The van der Waals surface area contributed by atoms with Gasteiger partial charge in [-0.1, -0.05) is 42.0 Å². The van der Waals surface area contributed by atoms with Crippen LogP contribution in [0, 0.1) is 12.8 Å². The first-order valence-corrected chi connectivity index (χ1v) is 12.1. The summed E-state index contributed by atoms with van der Waals surface area (Å²) in [6, 6.07) is 15.5. The predicted octanol–water partition coefficient (Wildman–Crippen LogP) is 1.85. The molecule has 164 valence electrons. The summed E-state index contributed by atoms with van der Waals surface area (Å²) in [5.41, 5.74) is 4.09. The molecule has 1 fully saturated rings. The first-order valence-electron chi connectivity index (χ1n) is 10.5. The van der Waals surface area contributed by atoms with Crippen molar-refractivity contribution >= 4 is 27.5 Å². The van der Waals surface area contributed by atoms with Crippen LogP contribution in [0.15, 0.2) is 48.5 Å². The summed E-state index contributed by atoms with van der Waals surface area (Å²) >= 11 is 0. The Bertz CT molecular complexity index is 1080. The molecule has 2 amide bonds. The molecule has 7 nitrogen and oxygen atoms in total. The van der Waals surface area contributed by atoms with E-state index in [1.807, 2.05) is 55.5 Å². The number of amides is 2. The van der Waals surface area contributed by atoms with Gasteiger partial charge in [-0.15, -0.1) is 0 Å². The van der Waals surface area contributed by atoms with Crippen LogP contribution in [0.4, 0.5) is 5.69 Å². The summed E-state index contributed by atoms with van der Waals surface area (Å²) in [4.78, 5) is 26.5. The third-order valence-corrected chi connectivity index (χ3v) is 7.81. The molecule has 0 aromatic heterocycles. The largest absolute Gasteiger partial charge is 0.355 e. The SMILES string of the molecule is Cc1ccc(N2C[C@H](C(=O)NCCS(=O)(=O)N3CCc4ccccc4C3)CC2=O)cc1. The molecule has 2 aromatic carbocycles. The molecule has 0 radical (unpaired) electrons. The van der Waals surface area contributed by atoms with E-state index in [0.29, 0.717) is 26.1 Å². The van der Waals surface area contributed by atoms with Gasteiger partial charge in [0.15, 0.2) is 0 Å². The zero-order valence-electron chi connectivity index (χ0n) is 17.6. The zero-order valence-corrected chi connectivity index (χ0v) is 18.4. The molecular weight excluding hydrogens is 414 g/mol. The van der Waals surface area contributed by atoms with E-state index in [0.717, 1.165) is 16.8 Å². The Morgan fingerprint density at radius 3 is 2.55 bits per heavy atom. The highest BCUT2D eigenvalue weighted by atomic mass is 32.2. The number of carbonyl (C=O) groups is 2. The number of carbonyl (C=O) groups excluding carboxylic acids is 2. The van der Waals surface area contributed by atoms with E-state index in [1.54, 1.807) is 4.90 Å². The van der Waals surface area contributed by atoms with E-state index in [-0.39, 0.29) is 30.5 Å². The number of nitrogens with zero attached hydrogens (tertiary/aromatic N) is 2. The van der Waals surface area contributed by atoms with Crippen LogP contribution in [0.3, 0.4) is 0 Å². The lowest BCUT2D eigenvalue weighted by atomic mass is 10.0. The number of nitrogens with one attached hydrogen (secondary N) is 1. The number of rotatable bonds is 6. The molecule has 2 aliphatic rings. The van der Waals surface area contributed by atoms with Crippen LogP contribution < -0.4 is 10.2 Å². The minimum Gasteiger partial charge on any atom is -0.355 e. The molecule has 4 rings (SSSR count). The lowest BCUT2D eigenvalue weighted by molar-refractivity contribution is -0.126. The Balaban J connectivity index is 1.29. The summed E-state index contributed by atoms with van der Waals surface area (Å²) in [5.74, 6) is -0.993. The fraction of sp³-hybridized carbons (Fsp3) is 0.391. The van der Waals surface area contributed by atoms with Crippen LogP contribution in [0.5, 0.6) is 0 Å². The number of benzene rings is 2. The number of anilines is 1. The smallest absolute Gasteiger partial charge is 0.227 e. The zero-order chi connectivity index (χ0) is 22.0. The molecule has 0 unspecified atom stereocenters. The van der Waals surface area contributed by atoms with Crippen LogP contribution in [-0.4, -0.2) is 49.9 Å². The number of aryl methyl sites for hydroxylation is 1. The van der Waals surface area contributed by atoms with Crippen LogP contribution in [0.25, 0.3) is 0 Å². The molecule has 2 heterocycles. The fourth-order valence-corrected chi connectivity index (χ4v) is 5.46. The van der Waals surface area contributed by atoms with Crippen molar-refractivity contribution in [1.82, 2.24) is 9.62 Å². The van der Waals surface area contributed by atoms with Crippen molar-refractivity contribution in [3.05, 3.63) is 65.2 Å². The van der Waals surface area contributed by atoms with E-state index in [4.69, 9.17) is 0 Å². The van der Waals surface area contributed by atoms with Gasteiger partial charge in [0.25, 0.3) is 0 Å². The van der Waals surface area contributed by atoms with Gasteiger partial charge in [-0.3, -0.25) is 9.59 Å². The molecule has 0 bridgehead atoms. The molecule has 2 aromatic rings. The summed E-state index contributed by atoms with van der Waals surface area (Å²) < 4.78 is 26.9. The van der Waals surface area contributed by atoms with E-state index in [9.17, 15) is 18.0 Å². The van der Waals surface area contributed by atoms with Gasteiger partial charge in [-0.2, -0.15) is 4.31 Å². The van der Waals surface area contributed by atoms with Crippen LogP contribution in [0.2, 0.25) is 0 Å². The second kappa shape index (κ2) is 8.80. The topological polar surface area (TPSA) is 86.8 Å². The van der Waals surface area contributed by atoms with Crippen molar-refractivity contribution in [1.29, 1.82) is 0 Å². The Kier molecular flexibility index (Phi) is 6.11. The maximum absolute atomic E-state index is 12.7. The van der Waals surface area contributed by atoms with Gasteiger partial charge in [-0.05, 0) is 36.6 Å². The van der Waals surface area contributed by atoms with Gasteiger partial charge in [0, 0.05) is 38.3 Å². The highest BCUT2D eigenvalue weighted by molar-refractivity contribution is 7.89. The van der Waals surface area contributed by atoms with Gasteiger partial charge in [0.1, 0.15) is 0 Å². The minimum atomic E-state index is -3.47. The summed E-state index contributed by atoms with van der Waals surface area (Å²) in [6.07, 6.45) is 0.830. The number of hydrogen-bond donors (Lipinski definition) is 1. The third kappa shape index (κ3) is 4.80. The van der Waals surface area contributed by atoms with E-state index in [1.165, 1.54) is 9.87 Å². The van der Waals surface area contributed by atoms with E-state index >= 15 is 0 Å². The molecule has 0 saturated carbocycles. The second-order valence-corrected chi connectivity index (χ2v) is 10.3. The molecule has 0 aliphatic carbocycles. The fourth-order valence-electron chi connectivity index (χ4n) is 4.14. The normalized spacial score (nSPS) is 19.3. The molecule has 1 saturated heterocycles. The first-order chi connectivity index (χ1) is 14.8. The van der Waals surface area contributed by atoms with Gasteiger partial charge in [0.05, 0.1) is 11.7 Å². The van der Waals surface area contributed by atoms with Crippen molar-refractivity contribution in [3.8, 4) is 0 Å². The minimum absolute atomic E-state index is 0.0362. The van der Waals surface area contributed by atoms with Gasteiger partial charge in [-0.25, -0.2) is 8.42 Å². The summed E-state index contributed by atoms with van der Waals surface area (Å²) in [5, 5.41) is 2.72. The Labute approximate surface area is 183 Å². The van der Waals surface area contributed by atoms with Crippen molar-refractivity contribution in [2.75, 3.05) is 30.3 Å². The maximum Gasteiger partial charge on any atom is 0.227 e. The Morgan fingerprint density at radius 1 is 1.10 bits per heavy atom. The van der Waals surface area contributed by atoms with Crippen molar-refractivity contribution < 1.29 is 18.0 Å². The second-order valence-electron chi connectivity index (χ2n) is 8.20. The molecule has 31 heavy (non-hydrogen) atoms. The molecule has 8 heteroatoms. The predicted molar refractivity (Wildman–Crippen MR) is 119 cm³/mol. The van der Waals surface area contributed by atoms with Crippen LogP contribution in [-0.2, 0) is 32.6 Å². The monoisotopic (exact) mass is 441 g/mol. The van der Waals surface area contributed by atoms with Crippen molar-refractivity contribution in [2.24, 2.45) is 5.92 Å². The lowest BCUT2D eigenvalue weighted by Gasteiger charge is -2.28. The molecule has 1 atom stereocenters. The van der Waals surface area contributed by atoms with Gasteiger partial charge >= 0.3 is 0 Å². The van der Waals surface area contributed by atoms with Gasteiger partial charge in [0.2, 0.25) is 21.8 Å². The summed E-state index contributed by atoms with van der Waals surface area (Å²) in [7, 11) is -3.47. The average molecular weight is 442 g/mol. The molecule has 1 N–H and O–H groups in total. The Morgan fingerprint density at radius 2 is 1.81 bits per heavy atom. The van der Waals surface area contributed by atoms with Crippen molar-refractivity contribution in [2.45, 2.75) is 26.3 Å². The third-order valence-electron chi connectivity index (χ3n) is 5.99. The standard InChI is InChI=1S/C23H27N3O4S/c1-17-6-8-21(9-7-17)26-16-20(14-22(26)27)23(28)24-11-13-31(29,30)25-12-10-18-4-2-3-5-19(18)15-25/h2-9,20H,10-16H2,1H3,(H,24,28)/t20-/m1/s1. The number of hydrogen-bond acceptors (Lipinski definition) is 4.